The van der Waals surface area contributed by atoms with Crippen LogP contribution in [0.4, 0.5) is 4.39 Å². The van der Waals surface area contributed by atoms with E-state index >= 15 is 0 Å². The van der Waals surface area contributed by atoms with Crippen molar-refractivity contribution in [1.29, 1.82) is 0 Å². The van der Waals surface area contributed by atoms with Crippen molar-refractivity contribution in [3.05, 3.63) is 59.4 Å². The van der Waals surface area contributed by atoms with Gasteiger partial charge in [0.1, 0.15) is 17.1 Å². The highest BCUT2D eigenvalue weighted by Gasteiger charge is 2.38. The summed E-state index contributed by atoms with van der Waals surface area (Å²) in [6, 6.07) is 5.13. The van der Waals surface area contributed by atoms with Gasteiger partial charge in [-0.15, -0.1) is 0 Å². The average molecular weight is 402 g/mol. The third-order valence-electron chi connectivity index (χ3n) is 4.16. The summed E-state index contributed by atoms with van der Waals surface area (Å²) < 4.78 is 13.3. The molecule has 1 unspecified atom stereocenters. The van der Waals surface area contributed by atoms with Crippen molar-refractivity contribution in [1.82, 2.24) is 10.2 Å². The van der Waals surface area contributed by atoms with Crippen LogP contribution in [0.2, 0.25) is 0 Å². The third kappa shape index (κ3) is 6.76. The summed E-state index contributed by atoms with van der Waals surface area (Å²) in [5.74, 6) is -1.73. The molecule has 0 radical (unpaired) electrons. The number of halogens is 1. The molecule has 1 aromatic carbocycles. The van der Waals surface area contributed by atoms with Gasteiger partial charge in [0, 0.05) is 25.9 Å². The second-order valence-corrected chi connectivity index (χ2v) is 6.53. The molecule has 0 saturated heterocycles. The highest BCUT2D eigenvalue weighted by atomic mass is 19.1. The number of ketones is 1. The molecule has 0 spiro atoms. The number of Topliss-reactive ketones (excluding diaryl/α,β-unsaturated/α-hetero) is 1. The van der Waals surface area contributed by atoms with Gasteiger partial charge in [-0.05, 0) is 43.7 Å². The van der Waals surface area contributed by atoms with Crippen LogP contribution in [0.3, 0.4) is 0 Å². The Kier molecular flexibility index (Phi) is 9.08. The lowest BCUT2D eigenvalue weighted by atomic mass is 9.89. The molecule has 0 fully saturated rings. The number of carbonyl (C=O) groups is 3. The number of hydrogen-bond donors (Lipinski definition) is 2. The summed E-state index contributed by atoms with van der Waals surface area (Å²) in [6.07, 6.45) is 6.39. The van der Waals surface area contributed by atoms with Crippen LogP contribution in [-0.2, 0) is 19.9 Å². The number of carbonyl (C=O) groups excluding carboxylic acids is 3. The zero-order valence-corrected chi connectivity index (χ0v) is 17.1. The second kappa shape index (κ2) is 11.0. The molecule has 0 aliphatic rings. The number of amides is 2. The quantitative estimate of drug-likeness (QED) is 0.369. The molecule has 0 aromatic heterocycles. The van der Waals surface area contributed by atoms with Gasteiger partial charge < -0.3 is 16.0 Å². The molecule has 0 aliphatic carbocycles. The van der Waals surface area contributed by atoms with E-state index in [0.29, 0.717) is 11.1 Å². The molecule has 29 heavy (non-hydrogen) atoms. The largest absolute Gasteiger partial charge is 0.347 e. The number of rotatable bonds is 9. The number of nitrogens with two attached hydrogens (primary N) is 1. The van der Waals surface area contributed by atoms with Crippen LogP contribution in [0.25, 0.3) is 0 Å². The predicted octanol–water partition coefficient (Wildman–Crippen LogP) is 1.35. The van der Waals surface area contributed by atoms with Crippen LogP contribution in [0.5, 0.6) is 0 Å². The fraction of sp³-hybridized carbons (Fsp3) is 0.333. The summed E-state index contributed by atoms with van der Waals surface area (Å²) in [5.41, 5.74) is 5.43. The van der Waals surface area contributed by atoms with E-state index in [1.165, 1.54) is 49.4 Å². The minimum absolute atomic E-state index is 0.186. The normalized spacial score (nSPS) is 14.1. The Morgan fingerprint density at radius 2 is 1.90 bits per heavy atom. The van der Waals surface area contributed by atoms with Gasteiger partial charge in [0.2, 0.25) is 5.91 Å². The van der Waals surface area contributed by atoms with Crippen molar-refractivity contribution in [2.75, 3.05) is 27.2 Å². The molecule has 1 atom stereocenters. The van der Waals surface area contributed by atoms with Crippen molar-refractivity contribution in [3.63, 3.8) is 0 Å². The van der Waals surface area contributed by atoms with Crippen LogP contribution >= 0.6 is 0 Å². The van der Waals surface area contributed by atoms with Crippen molar-refractivity contribution in [2.45, 2.75) is 19.4 Å². The number of nitrogens with zero attached hydrogens (tertiary/aromatic N) is 2. The minimum Gasteiger partial charge on any atom is -0.347 e. The van der Waals surface area contributed by atoms with Crippen LogP contribution in [0.1, 0.15) is 19.4 Å². The molecule has 8 heteroatoms. The van der Waals surface area contributed by atoms with E-state index in [-0.39, 0.29) is 24.8 Å². The number of benzene rings is 1. The Labute approximate surface area is 170 Å². The van der Waals surface area contributed by atoms with Crippen molar-refractivity contribution in [2.24, 2.45) is 10.7 Å². The molecular weight excluding hydrogens is 375 g/mol. The third-order valence-corrected chi connectivity index (χ3v) is 4.16. The number of allylic oxidation sites excluding steroid dienone is 2. The van der Waals surface area contributed by atoms with Gasteiger partial charge in [-0.3, -0.25) is 19.4 Å². The minimum atomic E-state index is -1.68. The van der Waals surface area contributed by atoms with E-state index in [2.05, 4.69) is 10.3 Å². The standard InChI is InChI=1S/C21H27FN4O3/c1-5-16(7-6-12-24-3)19(28)26(4)14-21(23,20(29)25-13-15(2)27)17-8-10-18(22)11-9-17/h5-12H,13-14,23H2,1-4H3,(H,25,29)/b7-6-,16-5-,24-12?. The molecule has 0 aliphatic heterocycles. The van der Waals surface area contributed by atoms with Gasteiger partial charge in [-0.2, -0.15) is 0 Å². The Bertz CT molecular complexity index is 831. The fourth-order valence-electron chi connectivity index (χ4n) is 2.59. The van der Waals surface area contributed by atoms with Gasteiger partial charge in [0.05, 0.1) is 13.1 Å². The van der Waals surface area contributed by atoms with E-state index in [1.54, 1.807) is 32.2 Å². The van der Waals surface area contributed by atoms with Crippen molar-refractivity contribution in [3.8, 4) is 0 Å². The molecule has 156 valence electrons. The zero-order valence-electron chi connectivity index (χ0n) is 17.1. The lowest BCUT2D eigenvalue weighted by molar-refractivity contribution is -0.132. The summed E-state index contributed by atoms with van der Waals surface area (Å²) in [6.45, 7) is 2.66. The lowest BCUT2D eigenvalue weighted by Crippen LogP contribution is -2.58. The molecule has 0 saturated carbocycles. The highest BCUT2D eigenvalue weighted by molar-refractivity contribution is 5.98. The maximum Gasteiger partial charge on any atom is 0.253 e. The topological polar surface area (TPSA) is 105 Å². The number of hydrogen-bond acceptors (Lipinski definition) is 5. The first-order valence-electron chi connectivity index (χ1n) is 8.99. The maximum absolute atomic E-state index is 13.3. The Morgan fingerprint density at radius 1 is 1.28 bits per heavy atom. The number of aliphatic imine (C=N–C) groups is 1. The SMILES string of the molecule is C/C=C(/C=C\C=NC)C(=O)N(C)CC(N)(C(=O)NCC(C)=O)c1ccc(F)cc1. The summed E-state index contributed by atoms with van der Waals surface area (Å²) in [5, 5.41) is 2.47. The van der Waals surface area contributed by atoms with Gasteiger partial charge in [-0.1, -0.05) is 18.2 Å². The number of nitrogens with one attached hydrogen (secondary N) is 1. The molecule has 7 nitrogen and oxygen atoms in total. The highest BCUT2D eigenvalue weighted by Crippen LogP contribution is 2.21. The first-order chi connectivity index (χ1) is 13.7. The van der Waals surface area contributed by atoms with Crippen LogP contribution in [0.15, 0.2) is 53.1 Å². The molecule has 0 heterocycles. The first-order valence-corrected chi connectivity index (χ1v) is 8.99. The number of likely N-dealkylation sites (N-methyl/N-ethyl adjacent to an activating group) is 1. The van der Waals surface area contributed by atoms with Crippen LogP contribution in [-0.4, -0.2) is 55.9 Å². The summed E-state index contributed by atoms with van der Waals surface area (Å²) in [4.78, 5) is 41.9. The van der Waals surface area contributed by atoms with Gasteiger partial charge >= 0.3 is 0 Å². The fourth-order valence-corrected chi connectivity index (χ4v) is 2.59. The maximum atomic E-state index is 13.3. The molecule has 2 amide bonds. The first kappa shape index (κ1) is 23.9. The summed E-state index contributed by atoms with van der Waals surface area (Å²) >= 11 is 0. The van der Waals surface area contributed by atoms with Crippen LogP contribution in [0, 0.1) is 5.82 Å². The molecule has 1 rings (SSSR count). The monoisotopic (exact) mass is 402 g/mol. The van der Waals surface area contributed by atoms with E-state index < -0.39 is 17.3 Å². The van der Waals surface area contributed by atoms with Crippen molar-refractivity contribution >= 4 is 23.8 Å². The predicted molar refractivity (Wildman–Crippen MR) is 111 cm³/mol. The average Bonchev–Trinajstić information content (AvgIpc) is 2.69. The molecule has 1 aromatic rings. The Hall–Kier alpha value is -3.13. The smallest absolute Gasteiger partial charge is 0.253 e. The second-order valence-electron chi connectivity index (χ2n) is 6.53. The van der Waals surface area contributed by atoms with E-state index in [1.807, 2.05) is 0 Å². The lowest BCUT2D eigenvalue weighted by Gasteiger charge is -2.33. The van der Waals surface area contributed by atoms with E-state index in [9.17, 15) is 18.8 Å². The van der Waals surface area contributed by atoms with E-state index in [0.717, 1.165) is 0 Å². The summed E-state index contributed by atoms with van der Waals surface area (Å²) in [7, 11) is 3.12. The van der Waals surface area contributed by atoms with Crippen LogP contribution < -0.4 is 11.1 Å². The van der Waals surface area contributed by atoms with Gasteiger partial charge in [-0.25, -0.2) is 4.39 Å². The van der Waals surface area contributed by atoms with E-state index in [4.69, 9.17) is 5.73 Å². The van der Waals surface area contributed by atoms with Gasteiger partial charge in [0.25, 0.3) is 5.91 Å². The van der Waals surface area contributed by atoms with Crippen molar-refractivity contribution < 1.29 is 18.8 Å². The zero-order chi connectivity index (χ0) is 22.0. The van der Waals surface area contributed by atoms with Gasteiger partial charge in [0.15, 0.2) is 0 Å². The Morgan fingerprint density at radius 3 is 2.41 bits per heavy atom. The molecular formula is C21H27FN4O3. The Balaban J connectivity index is 3.19. The molecule has 3 N–H and O–H groups in total. The molecule has 0 bridgehead atoms.